The van der Waals surface area contributed by atoms with E-state index < -0.39 is 0 Å². The maximum atomic E-state index is 3.41. The minimum absolute atomic E-state index is 0. The predicted molar refractivity (Wildman–Crippen MR) is 70.4 cm³/mol. The number of hydrogen-bond acceptors (Lipinski definition) is 2. The first-order valence-electron chi connectivity index (χ1n) is 5.88. The van der Waals surface area contributed by atoms with Crippen LogP contribution in [0.1, 0.15) is 32.1 Å². The highest BCUT2D eigenvalue weighted by Crippen LogP contribution is 2.24. The largest absolute Gasteiger partial charge is 0.314 e. The van der Waals surface area contributed by atoms with E-state index in [2.05, 4.69) is 10.2 Å². The first-order valence-corrected chi connectivity index (χ1v) is 5.88. The highest BCUT2D eigenvalue weighted by atomic mass is 35.5. The Hall–Kier alpha value is 0.500. The van der Waals surface area contributed by atoms with Crippen molar-refractivity contribution in [1.82, 2.24) is 10.2 Å². The monoisotopic (exact) mass is 254 g/mol. The molecular weight excluding hydrogens is 231 g/mol. The average Bonchev–Trinajstić information content (AvgIpc) is 2.21. The van der Waals surface area contributed by atoms with Gasteiger partial charge in [0, 0.05) is 32.7 Å². The molecule has 0 bridgehead atoms. The zero-order chi connectivity index (χ0) is 8.93. The molecule has 0 radical (unpaired) electrons. The van der Waals surface area contributed by atoms with Crippen molar-refractivity contribution in [1.29, 1.82) is 0 Å². The molecule has 1 N–H and O–H groups in total. The molecule has 0 aromatic heterocycles. The fourth-order valence-corrected chi connectivity index (χ4v) is 2.63. The van der Waals surface area contributed by atoms with E-state index in [4.69, 9.17) is 0 Å². The van der Waals surface area contributed by atoms with Gasteiger partial charge in [0.25, 0.3) is 0 Å². The van der Waals surface area contributed by atoms with Crippen molar-refractivity contribution in [2.24, 2.45) is 5.92 Å². The first-order chi connectivity index (χ1) is 6.45. The zero-order valence-corrected chi connectivity index (χ0v) is 11.0. The molecule has 1 saturated heterocycles. The van der Waals surface area contributed by atoms with Gasteiger partial charge in [-0.25, -0.2) is 0 Å². The van der Waals surface area contributed by atoms with Gasteiger partial charge in [-0.05, 0) is 18.8 Å². The van der Waals surface area contributed by atoms with E-state index in [1.54, 1.807) is 0 Å². The van der Waals surface area contributed by atoms with Crippen LogP contribution in [0.25, 0.3) is 0 Å². The van der Waals surface area contributed by atoms with Gasteiger partial charge in [0.05, 0.1) is 0 Å². The smallest absolute Gasteiger partial charge is 0.0107 e. The lowest BCUT2D eigenvalue weighted by molar-refractivity contribution is 0.182. The first kappa shape index (κ1) is 15.5. The molecule has 4 heteroatoms. The third kappa shape index (κ3) is 5.39. The van der Waals surface area contributed by atoms with Gasteiger partial charge in [-0.3, -0.25) is 0 Å². The topological polar surface area (TPSA) is 15.3 Å². The lowest BCUT2D eigenvalue weighted by Crippen LogP contribution is -2.45. The van der Waals surface area contributed by atoms with E-state index >= 15 is 0 Å². The van der Waals surface area contributed by atoms with E-state index in [0.29, 0.717) is 0 Å². The van der Waals surface area contributed by atoms with Crippen LogP contribution in [-0.2, 0) is 0 Å². The third-order valence-corrected chi connectivity index (χ3v) is 3.45. The second-order valence-electron chi connectivity index (χ2n) is 4.55. The van der Waals surface area contributed by atoms with Gasteiger partial charge in [-0.2, -0.15) is 0 Å². The van der Waals surface area contributed by atoms with Crippen LogP contribution in [0.4, 0.5) is 0 Å². The zero-order valence-electron chi connectivity index (χ0n) is 9.41. The quantitative estimate of drug-likeness (QED) is 0.814. The van der Waals surface area contributed by atoms with Gasteiger partial charge in [-0.15, -0.1) is 24.8 Å². The van der Waals surface area contributed by atoms with Gasteiger partial charge in [0.2, 0.25) is 0 Å². The molecule has 2 fully saturated rings. The summed E-state index contributed by atoms with van der Waals surface area (Å²) in [6.07, 6.45) is 7.43. The summed E-state index contributed by atoms with van der Waals surface area (Å²) in [6, 6.07) is 0. The summed E-state index contributed by atoms with van der Waals surface area (Å²) in [7, 11) is 0. The summed E-state index contributed by atoms with van der Waals surface area (Å²) in [6.45, 7) is 6.33. The molecule has 1 heterocycles. The highest BCUT2D eigenvalue weighted by Gasteiger charge is 2.17. The average molecular weight is 255 g/mol. The maximum Gasteiger partial charge on any atom is 0.0107 e. The fourth-order valence-electron chi connectivity index (χ4n) is 2.63. The lowest BCUT2D eigenvalue weighted by Gasteiger charge is -2.32. The van der Waals surface area contributed by atoms with Crippen LogP contribution in [0.2, 0.25) is 0 Å². The van der Waals surface area contributed by atoms with E-state index in [0.717, 1.165) is 5.92 Å². The van der Waals surface area contributed by atoms with Crippen LogP contribution in [0.15, 0.2) is 0 Å². The number of rotatable bonds is 2. The summed E-state index contributed by atoms with van der Waals surface area (Å²) in [4.78, 5) is 2.65. The van der Waals surface area contributed by atoms with Crippen molar-refractivity contribution in [3.8, 4) is 0 Å². The molecule has 92 valence electrons. The lowest BCUT2D eigenvalue weighted by atomic mass is 9.89. The van der Waals surface area contributed by atoms with E-state index in [9.17, 15) is 0 Å². The normalized spacial score (nSPS) is 24.0. The molecule has 0 aromatic carbocycles. The van der Waals surface area contributed by atoms with Gasteiger partial charge < -0.3 is 10.2 Å². The molecule has 0 aromatic rings. The summed E-state index contributed by atoms with van der Waals surface area (Å²) < 4.78 is 0. The fraction of sp³-hybridized carbons (Fsp3) is 1.00. The molecule has 0 spiro atoms. The highest BCUT2D eigenvalue weighted by molar-refractivity contribution is 5.85. The van der Waals surface area contributed by atoms with Crippen LogP contribution in [0, 0.1) is 5.92 Å². The number of halogens is 2. The summed E-state index contributed by atoms with van der Waals surface area (Å²) in [5.74, 6) is 1.02. The van der Waals surface area contributed by atoms with E-state index in [-0.39, 0.29) is 24.8 Å². The number of nitrogens with zero attached hydrogens (tertiary/aromatic N) is 1. The van der Waals surface area contributed by atoms with E-state index in [1.807, 2.05) is 0 Å². The third-order valence-electron chi connectivity index (χ3n) is 3.45. The molecule has 15 heavy (non-hydrogen) atoms. The number of hydrogen-bond donors (Lipinski definition) is 1. The van der Waals surface area contributed by atoms with Crippen molar-refractivity contribution in [3.05, 3.63) is 0 Å². The summed E-state index contributed by atoms with van der Waals surface area (Å²) in [5.41, 5.74) is 0. The Morgan fingerprint density at radius 2 is 1.53 bits per heavy atom. The molecule has 0 unspecified atom stereocenters. The molecule has 1 aliphatic carbocycles. The predicted octanol–water partition coefficient (Wildman–Crippen LogP) is 2.32. The van der Waals surface area contributed by atoms with Crippen LogP contribution in [0.5, 0.6) is 0 Å². The Balaban J connectivity index is 0.000000980. The Morgan fingerprint density at radius 1 is 0.933 bits per heavy atom. The van der Waals surface area contributed by atoms with Crippen LogP contribution in [0.3, 0.4) is 0 Å². The van der Waals surface area contributed by atoms with Crippen LogP contribution >= 0.6 is 24.8 Å². The Kier molecular flexibility index (Phi) is 8.92. The molecular formula is C11H24Cl2N2. The van der Waals surface area contributed by atoms with Crippen LogP contribution < -0.4 is 5.32 Å². The Bertz CT molecular complexity index is 128. The van der Waals surface area contributed by atoms with Crippen LogP contribution in [-0.4, -0.2) is 37.6 Å². The minimum atomic E-state index is 0. The summed E-state index contributed by atoms with van der Waals surface area (Å²) in [5, 5.41) is 3.41. The van der Waals surface area contributed by atoms with Gasteiger partial charge >= 0.3 is 0 Å². The molecule has 0 atom stereocenters. The standard InChI is InChI=1S/C11H22N2.2ClH/c1-2-4-11(5-3-1)10-13-8-6-12-7-9-13;;/h11-12H,1-10H2;2*1H. The van der Waals surface area contributed by atoms with Crippen molar-refractivity contribution in [3.63, 3.8) is 0 Å². The minimum Gasteiger partial charge on any atom is -0.314 e. The number of nitrogens with one attached hydrogen (secondary N) is 1. The SMILES string of the molecule is C1CCC(CN2CCNCC2)CC1.Cl.Cl. The van der Waals surface area contributed by atoms with Crippen molar-refractivity contribution < 1.29 is 0 Å². The van der Waals surface area contributed by atoms with Crippen molar-refractivity contribution in [2.45, 2.75) is 32.1 Å². The molecule has 1 aliphatic heterocycles. The molecule has 2 aliphatic rings. The van der Waals surface area contributed by atoms with Gasteiger partial charge in [0.1, 0.15) is 0 Å². The molecule has 1 saturated carbocycles. The molecule has 0 amide bonds. The van der Waals surface area contributed by atoms with Crippen molar-refractivity contribution >= 4 is 24.8 Å². The van der Waals surface area contributed by atoms with Gasteiger partial charge in [-0.1, -0.05) is 19.3 Å². The molecule has 2 nitrogen and oxygen atoms in total. The maximum absolute atomic E-state index is 3.41. The van der Waals surface area contributed by atoms with Gasteiger partial charge in [0.15, 0.2) is 0 Å². The Morgan fingerprint density at radius 3 is 2.13 bits per heavy atom. The second kappa shape index (κ2) is 8.63. The second-order valence-corrected chi connectivity index (χ2v) is 4.55. The summed E-state index contributed by atoms with van der Waals surface area (Å²) >= 11 is 0. The molecule has 2 rings (SSSR count). The van der Waals surface area contributed by atoms with E-state index in [1.165, 1.54) is 64.8 Å². The Labute approximate surface area is 106 Å². The van der Waals surface area contributed by atoms with Crippen molar-refractivity contribution in [2.75, 3.05) is 32.7 Å². The number of piperazine rings is 1.